The first kappa shape index (κ1) is 13.5. The molecular formula is C18H19NS. The van der Waals surface area contributed by atoms with Crippen LogP contribution in [0.2, 0.25) is 0 Å². The van der Waals surface area contributed by atoms with E-state index in [0.717, 1.165) is 19.6 Å². The molecule has 0 aliphatic carbocycles. The van der Waals surface area contributed by atoms with Crippen molar-refractivity contribution in [3.63, 3.8) is 0 Å². The molecule has 0 radical (unpaired) electrons. The fourth-order valence-corrected chi connectivity index (χ4v) is 3.61. The molecule has 1 atom stereocenters. The molecule has 0 N–H and O–H groups in total. The summed E-state index contributed by atoms with van der Waals surface area (Å²) in [6, 6.07) is 21.4. The molecule has 0 unspecified atom stereocenters. The third-order valence-corrected chi connectivity index (χ3v) is 4.59. The summed E-state index contributed by atoms with van der Waals surface area (Å²) in [4.78, 5) is 3.86. The fourth-order valence-electron chi connectivity index (χ4n) is 2.47. The minimum absolute atomic E-state index is 0.551. The summed E-state index contributed by atoms with van der Waals surface area (Å²) in [5.41, 5.74) is 1.39. The maximum atomic E-state index is 2.51. The van der Waals surface area contributed by atoms with Gasteiger partial charge in [0.1, 0.15) is 0 Å². The van der Waals surface area contributed by atoms with Crippen molar-refractivity contribution in [2.24, 2.45) is 0 Å². The minimum Gasteiger partial charge on any atom is -0.294 e. The normalized spacial score (nSPS) is 19.1. The van der Waals surface area contributed by atoms with Crippen molar-refractivity contribution in [3.05, 3.63) is 78.4 Å². The van der Waals surface area contributed by atoms with Crippen LogP contribution in [-0.2, 0) is 6.54 Å². The van der Waals surface area contributed by atoms with E-state index in [0.29, 0.717) is 5.25 Å². The maximum absolute atomic E-state index is 2.51. The molecule has 1 heterocycles. The zero-order valence-electron chi connectivity index (χ0n) is 11.5. The summed E-state index contributed by atoms with van der Waals surface area (Å²) in [7, 11) is 0. The largest absolute Gasteiger partial charge is 0.294 e. The first-order chi connectivity index (χ1) is 9.90. The molecule has 1 nitrogen and oxygen atoms in total. The molecular weight excluding hydrogens is 262 g/mol. The van der Waals surface area contributed by atoms with Crippen molar-refractivity contribution in [3.8, 4) is 0 Å². The van der Waals surface area contributed by atoms with Gasteiger partial charge in [-0.05, 0) is 17.7 Å². The number of hydrogen-bond donors (Lipinski definition) is 0. The molecule has 0 amide bonds. The highest BCUT2D eigenvalue weighted by Crippen LogP contribution is 2.26. The lowest BCUT2D eigenvalue weighted by molar-refractivity contribution is 0.294. The Morgan fingerprint density at radius 1 is 0.950 bits per heavy atom. The second-order valence-electron chi connectivity index (χ2n) is 5.08. The molecule has 20 heavy (non-hydrogen) atoms. The molecule has 2 aromatic rings. The summed E-state index contributed by atoms with van der Waals surface area (Å²) in [5.74, 6) is 0. The van der Waals surface area contributed by atoms with Gasteiger partial charge in [-0.2, -0.15) is 0 Å². The highest BCUT2D eigenvalue weighted by Gasteiger charge is 2.16. The van der Waals surface area contributed by atoms with Crippen LogP contribution < -0.4 is 0 Å². The van der Waals surface area contributed by atoms with Crippen molar-refractivity contribution in [1.82, 2.24) is 4.90 Å². The van der Waals surface area contributed by atoms with Crippen LogP contribution in [-0.4, -0.2) is 23.2 Å². The number of nitrogens with zero attached hydrogens (tertiary/aromatic N) is 1. The lowest BCUT2D eigenvalue weighted by atomic mass is 10.2. The van der Waals surface area contributed by atoms with Gasteiger partial charge in [0.2, 0.25) is 0 Å². The Morgan fingerprint density at radius 3 is 2.40 bits per heavy atom. The molecule has 2 heteroatoms. The van der Waals surface area contributed by atoms with E-state index in [-0.39, 0.29) is 0 Å². The predicted molar refractivity (Wildman–Crippen MR) is 86.9 cm³/mol. The quantitative estimate of drug-likeness (QED) is 0.772. The van der Waals surface area contributed by atoms with Crippen molar-refractivity contribution in [2.75, 3.05) is 13.1 Å². The Hall–Kier alpha value is -1.51. The van der Waals surface area contributed by atoms with E-state index >= 15 is 0 Å². The van der Waals surface area contributed by atoms with E-state index in [1.165, 1.54) is 10.5 Å². The summed E-state index contributed by atoms with van der Waals surface area (Å²) in [6.45, 7) is 3.21. The number of hydrogen-bond acceptors (Lipinski definition) is 2. The smallest absolute Gasteiger partial charge is 0.0402 e. The third-order valence-electron chi connectivity index (χ3n) is 3.43. The summed E-state index contributed by atoms with van der Waals surface area (Å²) in [6.07, 6.45) is 4.65. The predicted octanol–water partition coefficient (Wildman–Crippen LogP) is 4.22. The van der Waals surface area contributed by atoms with Crippen LogP contribution in [0.15, 0.2) is 77.7 Å². The molecule has 0 fully saturated rings. The maximum Gasteiger partial charge on any atom is 0.0402 e. The van der Waals surface area contributed by atoms with Gasteiger partial charge in [0.25, 0.3) is 0 Å². The van der Waals surface area contributed by atoms with E-state index < -0.39 is 0 Å². The molecule has 0 aromatic heterocycles. The van der Waals surface area contributed by atoms with Gasteiger partial charge in [0, 0.05) is 29.8 Å². The number of rotatable bonds is 4. The van der Waals surface area contributed by atoms with E-state index in [4.69, 9.17) is 0 Å². The van der Waals surface area contributed by atoms with Gasteiger partial charge in [-0.25, -0.2) is 0 Å². The standard InChI is InChI=1S/C18H19NS/c1-3-8-16(9-4-1)14-19-13-7-12-18(15-19)20-17-10-5-2-6-11-17/h1-12,18H,13-15H2/t18-/m0/s1. The second kappa shape index (κ2) is 6.78. The van der Waals surface area contributed by atoms with Gasteiger partial charge < -0.3 is 0 Å². The highest BCUT2D eigenvalue weighted by atomic mass is 32.2. The number of benzene rings is 2. The summed E-state index contributed by atoms with van der Waals surface area (Å²) >= 11 is 1.95. The van der Waals surface area contributed by atoms with Crippen molar-refractivity contribution in [1.29, 1.82) is 0 Å². The van der Waals surface area contributed by atoms with E-state index in [2.05, 4.69) is 77.7 Å². The number of thioether (sulfide) groups is 1. The summed E-state index contributed by atoms with van der Waals surface area (Å²) in [5, 5.41) is 0.551. The van der Waals surface area contributed by atoms with Crippen LogP contribution in [0, 0.1) is 0 Å². The molecule has 0 bridgehead atoms. The zero-order valence-corrected chi connectivity index (χ0v) is 12.3. The molecule has 2 aromatic carbocycles. The molecule has 3 rings (SSSR count). The average Bonchev–Trinajstić information content (AvgIpc) is 2.50. The SMILES string of the molecule is C1=C[C@H](Sc2ccccc2)CN(Cc2ccccc2)C1. The van der Waals surface area contributed by atoms with Crippen molar-refractivity contribution < 1.29 is 0 Å². The molecule has 1 aliphatic heterocycles. The zero-order chi connectivity index (χ0) is 13.6. The monoisotopic (exact) mass is 281 g/mol. The minimum atomic E-state index is 0.551. The highest BCUT2D eigenvalue weighted by molar-refractivity contribution is 8.00. The summed E-state index contributed by atoms with van der Waals surface area (Å²) < 4.78 is 0. The molecule has 0 saturated heterocycles. The Labute approximate surface area is 125 Å². The van der Waals surface area contributed by atoms with Crippen LogP contribution in [0.5, 0.6) is 0 Å². The van der Waals surface area contributed by atoms with Crippen molar-refractivity contribution >= 4 is 11.8 Å². The Kier molecular flexibility index (Phi) is 4.57. The van der Waals surface area contributed by atoms with Gasteiger partial charge in [0.15, 0.2) is 0 Å². The van der Waals surface area contributed by atoms with Crippen LogP contribution in [0.1, 0.15) is 5.56 Å². The molecule has 0 spiro atoms. The molecule has 1 aliphatic rings. The van der Waals surface area contributed by atoms with Gasteiger partial charge >= 0.3 is 0 Å². The van der Waals surface area contributed by atoms with E-state index in [9.17, 15) is 0 Å². The van der Waals surface area contributed by atoms with Gasteiger partial charge in [0.05, 0.1) is 0 Å². The van der Waals surface area contributed by atoms with Gasteiger partial charge in [-0.1, -0.05) is 60.7 Å². The first-order valence-electron chi connectivity index (χ1n) is 7.05. The Morgan fingerprint density at radius 2 is 1.65 bits per heavy atom. The van der Waals surface area contributed by atoms with Crippen molar-refractivity contribution in [2.45, 2.75) is 16.7 Å². The lowest BCUT2D eigenvalue weighted by Gasteiger charge is -2.28. The van der Waals surface area contributed by atoms with Crippen LogP contribution in [0.4, 0.5) is 0 Å². The van der Waals surface area contributed by atoms with Gasteiger partial charge in [-0.3, -0.25) is 4.90 Å². The fraction of sp³-hybridized carbons (Fsp3) is 0.222. The van der Waals surface area contributed by atoms with Crippen LogP contribution >= 0.6 is 11.8 Å². The lowest BCUT2D eigenvalue weighted by Crippen LogP contribution is -2.33. The van der Waals surface area contributed by atoms with Crippen LogP contribution in [0.3, 0.4) is 0 Å². The molecule has 102 valence electrons. The third kappa shape index (κ3) is 3.75. The molecule has 0 saturated carbocycles. The van der Waals surface area contributed by atoms with Crippen LogP contribution in [0.25, 0.3) is 0 Å². The van der Waals surface area contributed by atoms with Gasteiger partial charge in [-0.15, -0.1) is 11.8 Å². The average molecular weight is 281 g/mol. The van der Waals surface area contributed by atoms with E-state index in [1.54, 1.807) is 0 Å². The van der Waals surface area contributed by atoms with E-state index in [1.807, 2.05) is 11.8 Å². The second-order valence-corrected chi connectivity index (χ2v) is 6.39. The Balaban J connectivity index is 1.59. The Bertz CT molecular complexity index is 550. The first-order valence-corrected chi connectivity index (χ1v) is 7.93. The topological polar surface area (TPSA) is 3.24 Å².